The number of carboxylic acids is 1. The molecule has 2 rings (SSSR count). The molecule has 0 saturated carbocycles. The second-order valence-electron chi connectivity index (χ2n) is 7.08. The molecule has 1 heterocycles. The van der Waals surface area contributed by atoms with E-state index in [1.165, 1.54) is 0 Å². The number of carboxylic acid groups (broad SMARTS) is 1. The molecule has 1 atom stereocenters. The lowest BCUT2D eigenvalue weighted by atomic mass is 9.94. The molecule has 0 aliphatic heterocycles. The number of H-pyrrole nitrogens is 1. The highest BCUT2D eigenvalue weighted by atomic mass is 16.6. The summed E-state index contributed by atoms with van der Waals surface area (Å²) in [4.78, 5) is 26.4. The number of ether oxygens (including phenoxy) is 1. The molecule has 5 heteroatoms. The summed E-state index contributed by atoms with van der Waals surface area (Å²) in [7, 11) is 0. The van der Waals surface area contributed by atoms with Crippen molar-refractivity contribution in [1.82, 2.24) is 4.98 Å². The van der Waals surface area contributed by atoms with Crippen molar-refractivity contribution in [2.45, 2.75) is 52.1 Å². The highest BCUT2D eigenvalue weighted by molar-refractivity contribution is 5.83. The second-order valence-corrected chi connectivity index (χ2v) is 7.08. The van der Waals surface area contributed by atoms with E-state index in [0.717, 1.165) is 16.5 Å². The molecule has 1 aromatic carbocycles. The van der Waals surface area contributed by atoms with Crippen LogP contribution in [0.3, 0.4) is 0 Å². The number of aromatic nitrogens is 1. The first kappa shape index (κ1) is 18.0. The van der Waals surface area contributed by atoms with Crippen LogP contribution in [-0.2, 0) is 20.7 Å². The fourth-order valence-electron chi connectivity index (χ4n) is 2.76. The zero-order chi connectivity index (χ0) is 17.7. The molecule has 0 bridgehead atoms. The number of aromatic amines is 1. The average Bonchev–Trinajstić information content (AvgIpc) is 2.87. The zero-order valence-electron chi connectivity index (χ0n) is 14.5. The largest absolute Gasteiger partial charge is 0.481 e. The van der Waals surface area contributed by atoms with E-state index in [-0.39, 0.29) is 12.4 Å². The van der Waals surface area contributed by atoms with E-state index in [1.807, 2.05) is 51.2 Å². The third-order valence-corrected chi connectivity index (χ3v) is 3.84. The third kappa shape index (κ3) is 5.11. The van der Waals surface area contributed by atoms with E-state index in [9.17, 15) is 14.7 Å². The molecule has 0 saturated heterocycles. The van der Waals surface area contributed by atoms with Gasteiger partial charge in [0.05, 0.1) is 5.92 Å². The molecule has 1 aromatic heterocycles. The van der Waals surface area contributed by atoms with E-state index < -0.39 is 17.5 Å². The Morgan fingerprint density at radius 2 is 1.96 bits per heavy atom. The predicted octanol–water partition coefficient (Wildman–Crippen LogP) is 3.92. The predicted molar refractivity (Wildman–Crippen MR) is 92.8 cm³/mol. The van der Waals surface area contributed by atoms with Crippen LogP contribution in [0.25, 0.3) is 10.9 Å². The molecule has 2 aromatic rings. The van der Waals surface area contributed by atoms with Crippen molar-refractivity contribution in [2.75, 3.05) is 0 Å². The zero-order valence-corrected chi connectivity index (χ0v) is 14.5. The number of carbonyl (C=O) groups excluding carboxylic acids is 1. The highest BCUT2D eigenvalue weighted by Gasteiger charge is 2.21. The standard InChI is InChI=1S/C19H25NO4/c1-19(2,3)24-17(21)10-6-7-13(18(22)23)11-14-12-20-16-9-5-4-8-15(14)16/h4-5,8-9,12-13,20H,6-7,10-11H2,1-3H3,(H,22,23). The van der Waals surface area contributed by atoms with Crippen LogP contribution in [0.15, 0.2) is 30.5 Å². The van der Waals surface area contributed by atoms with Crippen LogP contribution in [0.2, 0.25) is 0 Å². The number of nitrogens with one attached hydrogen (secondary N) is 1. The van der Waals surface area contributed by atoms with Crippen LogP contribution in [0.1, 0.15) is 45.6 Å². The number of aliphatic carboxylic acids is 1. The number of rotatable bonds is 7. The second kappa shape index (κ2) is 7.51. The Morgan fingerprint density at radius 3 is 2.62 bits per heavy atom. The minimum atomic E-state index is -0.829. The van der Waals surface area contributed by atoms with Gasteiger partial charge in [0, 0.05) is 23.5 Å². The van der Waals surface area contributed by atoms with Gasteiger partial charge >= 0.3 is 11.9 Å². The quantitative estimate of drug-likeness (QED) is 0.754. The highest BCUT2D eigenvalue weighted by Crippen LogP contribution is 2.23. The lowest BCUT2D eigenvalue weighted by Crippen LogP contribution is -2.24. The molecule has 0 spiro atoms. The number of esters is 1. The summed E-state index contributed by atoms with van der Waals surface area (Å²) in [5, 5.41) is 10.5. The minimum absolute atomic E-state index is 0.245. The molecular weight excluding hydrogens is 306 g/mol. The summed E-state index contributed by atoms with van der Waals surface area (Å²) in [5.41, 5.74) is 1.49. The van der Waals surface area contributed by atoms with Gasteiger partial charge in [-0.25, -0.2) is 0 Å². The van der Waals surface area contributed by atoms with Gasteiger partial charge in [0.25, 0.3) is 0 Å². The molecule has 0 amide bonds. The van der Waals surface area contributed by atoms with Gasteiger partial charge in [0.1, 0.15) is 5.60 Å². The number of fused-ring (bicyclic) bond motifs is 1. The average molecular weight is 331 g/mol. The van der Waals surface area contributed by atoms with Gasteiger partial charge in [-0.3, -0.25) is 9.59 Å². The van der Waals surface area contributed by atoms with Crippen molar-refractivity contribution in [3.8, 4) is 0 Å². The number of hydrogen-bond donors (Lipinski definition) is 2. The maximum atomic E-state index is 11.7. The van der Waals surface area contributed by atoms with Gasteiger partial charge in [-0.2, -0.15) is 0 Å². The molecule has 0 aliphatic carbocycles. The first-order valence-corrected chi connectivity index (χ1v) is 8.26. The SMILES string of the molecule is CC(C)(C)OC(=O)CCCC(Cc1c[nH]c2ccccc12)C(=O)O. The smallest absolute Gasteiger partial charge is 0.306 e. The van der Waals surface area contributed by atoms with Gasteiger partial charge in [-0.15, -0.1) is 0 Å². The fourth-order valence-corrected chi connectivity index (χ4v) is 2.76. The number of hydrogen-bond acceptors (Lipinski definition) is 3. The number of carbonyl (C=O) groups is 2. The van der Waals surface area contributed by atoms with Crippen LogP contribution in [0.5, 0.6) is 0 Å². The van der Waals surface area contributed by atoms with Crippen LogP contribution in [0.4, 0.5) is 0 Å². The van der Waals surface area contributed by atoms with Crippen molar-refractivity contribution in [2.24, 2.45) is 5.92 Å². The van der Waals surface area contributed by atoms with Crippen LogP contribution in [0, 0.1) is 5.92 Å². The molecule has 2 N–H and O–H groups in total. The van der Waals surface area contributed by atoms with E-state index in [0.29, 0.717) is 19.3 Å². The van der Waals surface area contributed by atoms with Gasteiger partial charge in [-0.05, 0) is 51.7 Å². The summed E-state index contributed by atoms with van der Waals surface area (Å²) in [6.45, 7) is 5.46. The van der Waals surface area contributed by atoms with Crippen molar-refractivity contribution < 1.29 is 19.4 Å². The van der Waals surface area contributed by atoms with Crippen LogP contribution >= 0.6 is 0 Å². The Hall–Kier alpha value is -2.30. The lowest BCUT2D eigenvalue weighted by molar-refractivity contribution is -0.155. The van der Waals surface area contributed by atoms with Gasteiger partial charge in [0.2, 0.25) is 0 Å². The Morgan fingerprint density at radius 1 is 1.25 bits per heavy atom. The molecule has 1 unspecified atom stereocenters. The first-order valence-electron chi connectivity index (χ1n) is 8.26. The normalized spacial score (nSPS) is 13.0. The molecule has 0 fully saturated rings. The first-order chi connectivity index (χ1) is 11.3. The van der Waals surface area contributed by atoms with Gasteiger partial charge < -0.3 is 14.8 Å². The van der Waals surface area contributed by atoms with E-state index in [4.69, 9.17) is 4.74 Å². The molecule has 5 nitrogen and oxygen atoms in total. The molecule has 0 radical (unpaired) electrons. The summed E-state index contributed by atoms with van der Waals surface area (Å²) >= 11 is 0. The fraction of sp³-hybridized carbons (Fsp3) is 0.474. The minimum Gasteiger partial charge on any atom is -0.481 e. The van der Waals surface area contributed by atoms with Crippen molar-refractivity contribution in [1.29, 1.82) is 0 Å². The molecule has 130 valence electrons. The molecular formula is C19H25NO4. The lowest BCUT2D eigenvalue weighted by Gasteiger charge is -2.19. The van der Waals surface area contributed by atoms with Crippen molar-refractivity contribution in [3.63, 3.8) is 0 Å². The Balaban J connectivity index is 1.93. The Kier molecular flexibility index (Phi) is 5.65. The molecule has 24 heavy (non-hydrogen) atoms. The van der Waals surface area contributed by atoms with Crippen LogP contribution in [-0.4, -0.2) is 27.6 Å². The van der Waals surface area contributed by atoms with Gasteiger partial charge in [-0.1, -0.05) is 18.2 Å². The monoisotopic (exact) mass is 331 g/mol. The number of benzene rings is 1. The van der Waals surface area contributed by atoms with E-state index in [2.05, 4.69) is 4.98 Å². The summed E-state index contributed by atoms with van der Waals surface area (Å²) < 4.78 is 5.25. The Labute approximate surface area is 142 Å². The van der Waals surface area contributed by atoms with E-state index in [1.54, 1.807) is 0 Å². The third-order valence-electron chi connectivity index (χ3n) is 3.84. The van der Waals surface area contributed by atoms with E-state index >= 15 is 0 Å². The summed E-state index contributed by atoms with van der Waals surface area (Å²) in [6.07, 6.45) is 3.53. The Bertz CT molecular complexity index is 711. The maximum Gasteiger partial charge on any atom is 0.306 e. The molecule has 0 aliphatic rings. The van der Waals surface area contributed by atoms with Crippen molar-refractivity contribution in [3.05, 3.63) is 36.0 Å². The topological polar surface area (TPSA) is 79.4 Å². The van der Waals surface area contributed by atoms with Gasteiger partial charge in [0.15, 0.2) is 0 Å². The summed E-state index contributed by atoms with van der Waals surface area (Å²) in [5.74, 6) is -1.62. The van der Waals surface area contributed by atoms with Crippen molar-refractivity contribution >= 4 is 22.8 Å². The maximum absolute atomic E-state index is 11.7. The summed E-state index contributed by atoms with van der Waals surface area (Å²) in [6, 6.07) is 7.84. The van der Waals surface area contributed by atoms with Crippen LogP contribution < -0.4 is 0 Å². The number of para-hydroxylation sites is 1.